The topological polar surface area (TPSA) is 91.4 Å². The predicted molar refractivity (Wildman–Crippen MR) is 114 cm³/mol. The Morgan fingerprint density at radius 1 is 1.13 bits per heavy atom. The lowest BCUT2D eigenvalue weighted by Crippen LogP contribution is -2.48. The van der Waals surface area contributed by atoms with Gasteiger partial charge in [0.2, 0.25) is 5.91 Å². The molecule has 2 aliphatic carbocycles. The Bertz CT molecular complexity index is 1030. The van der Waals surface area contributed by atoms with Crippen molar-refractivity contribution in [2.75, 3.05) is 11.9 Å². The van der Waals surface area contributed by atoms with Gasteiger partial charge in [-0.15, -0.1) is 11.3 Å². The van der Waals surface area contributed by atoms with Crippen molar-refractivity contribution in [1.82, 2.24) is 15.2 Å². The number of thiazole rings is 1. The minimum absolute atomic E-state index is 0.277. The van der Waals surface area contributed by atoms with Gasteiger partial charge in [0.15, 0.2) is 5.13 Å². The summed E-state index contributed by atoms with van der Waals surface area (Å²) in [6.07, 6.45) is 7.62. The average molecular weight is 425 g/mol. The highest BCUT2D eigenvalue weighted by Crippen LogP contribution is 2.34. The van der Waals surface area contributed by atoms with E-state index < -0.39 is 17.5 Å². The quantitative estimate of drug-likeness (QED) is 0.735. The van der Waals surface area contributed by atoms with Crippen molar-refractivity contribution in [3.63, 3.8) is 0 Å². The highest BCUT2D eigenvalue weighted by atomic mass is 32.1. The van der Waals surface area contributed by atoms with Gasteiger partial charge in [-0.2, -0.15) is 0 Å². The Morgan fingerprint density at radius 2 is 1.93 bits per heavy atom. The molecular formula is C22H24N4O3S. The molecule has 7 nitrogen and oxygen atoms in total. The Morgan fingerprint density at radius 3 is 2.77 bits per heavy atom. The van der Waals surface area contributed by atoms with Crippen molar-refractivity contribution < 1.29 is 14.4 Å². The monoisotopic (exact) mass is 424 g/mol. The number of fused-ring (bicyclic) bond motifs is 1. The summed E-state index contributed by atoms with van der Waals surface area (Å²) in [5.74, 6) is -0.693. The van der Waals surface area contributed by atoms with Gasteiger partial charge in [0.05, 0.1) is 5.69 Å². The summed E-state index contributed by atoms with van der Waals surface area (Å²) in [7, 11) is 0. The number of hydrogen-bond acceptors (Lipinski definition) is 5. The van der Waals surface area contributed by atoms with E-state index in [0.29, 0.717) is 18.0 Å². The van der Waals surface area contributed by atoms with E-state index in [0.717, 1.165) is 48.3 Å². The first-order valence-electron chi connectivity index (χ1n) is 10.6. The van der Waals surface area contributed by atoms with Gasteiger partial charge in [-0.05, 0) is 49.3 Å². The number of aromatic nitrogens is 1. The summed E-state index contributed by atoms with van der Waals surface area (Å²) < 4.78 is 0. The van der Waals surface area contributed by atoms with Gasteiger partial charge >= 0.3 is 6.03 Å². The lowest BCUT2D eigenvalue weighted by molar-refractivity contribution is -0.134. The summed E-state index contributed by atoms with van der Waals surface area (Å²) in [5, 5.41) is 7.95. The maximum atomic E-state index is 12.8. The molecule has 0 unspecified atom stereocenters. The number of imide groups is 1. The fraction of sp³-hybridized carbons (Fsp3) is 0.455. The fourth-order valence-electron chi connectivity index (χ4n) is 4.81. The molecule has 4 amide bonds. The van der Waals surface area contributed by atoms with Crippen molar-refractivity contribution in [3.8, 4) is 11.3 Å². The van der Waals surface area contributed by atoms with Crippen LogP contribution in [0.2, 0.25) is 0 Å². The largest absolute Gasteiger partial charge is 0.325 e. The zero-order valence-corrected chi connectivity index (χ0v) is 17.5. The average Bonchev–Trinajstić information content (AvgIpc) is 3.44. The highest BCUT2D eigenvalue weighted by Gasteiger charge is 2.51. The number of benzene rings is 1. The summed E-state index contributed by atoms with van der Waals surface area (Å²) in [5.41, 5.74) is 3.84. The zero-order chi connectivity index (χ0) is 20.7. The van der Waals surface area contributed by atoms with Gasteiger partial charge in [0.1, 0.15) is 12.1 Å². The molecule has 2 N–H and O–H groups in total. The van der Waals surface area contributed by atoms with E-state index in [1.165, 1.54) is 28.9 Å². The Labute approximate surface area is 178 Å². The number of amides is 4. The number of urea groups is 1. The highest BCUT2D eigenvalue weighted by molar-refractivity contribution is 7.14. The molecule has 156 valence electrons. The minimum Gasteiger partial charge on any atom is -0.323 e. The van der Waals surface area contributed by atoms with E-state index in [-0.39, 0.29) is 12.5 Å². The number of aryl methyl sites for hydroxylation is 2. The molecule has 0 bridgehead atoms. The Kier molecular flexibility index (Phi) is 4.81. The molecular weight excluding hydrogens is 400 g/mol. The molecule has 2 fully saturated rings. The molecule has 1 spiro atoms. The molecule has 0 radical (unpaired) electrons. The van der Waals surface area contributed by atoms with Crippen LogP contribution < -0.4 is 10.6 Å². The van der Waals surface area contributed by atoms with E-state index in [1.807, 2.05) is 5.38 Å². The van der Waals surface area contributed by atoms with E-state index in [1.54, 1.807) is 0 Å². The van der Waals surface area contributed by atoms with Gasteiger partial charge in [-0.3, -0.25) is 14.5 Å². The number of nitrogens with one attached hydrogen (secondary N) is 2. The predicted octanol–water partition coefficient (Wildman–Crippen LogP) is 3.49. The van der Waals surface area contributed by atoms with Crippen LogP contribution in [0.5, 0.6) is 0 Å². The van der Waals surface area contributed by atoms with E-state index in [4.69, 9.17) is 0 Å². The summed E-state index contributed by atoms with van der Waals surface area (Å²) >= 11 is 1.34. The summed E-state index contributed by atoms with van der Waals surface area (Å²) in [6.45, 7) is -0.291. The molecule has 2 heterocycles. The zero-order valence-electron chi connectivity index (χ0n) is 16.7. The second-order valence-electron chi connectivity index (χ2n) is 8.39. The number of carbonyl (C=O) groups excluding carboxylic acids is 3. The summed E-state index contributed by atoms with van der Waals surface area (Å²) in [6, 6.07) is 5.94. The molecule has 2 aromatic rings. The van der Waals surface area contributed by atoms with Gasteiger partial charge in [0.25, 0.3) is 5.91 Å². The molecule has 1 saturated heterocycles. The number of rotatable bonds is 4. The van der Waals surface area contributed by atoms with E-state index >= 15 is 0 Å². The van der Waals surface area contributed by atoms with Crippen LogP contribution in [0.3, 0.4) is 0 Å². The molecule has 1 aromatic carbocycles. The van der Waals surface area contributed by atoms with Crippen LogP contribution >= 0.6 is 11.3 Å². The first-order chi connectivity index (χ1) is 14.5. The normalized spacial score (nSPS) is 19.8. The standard InChI is InChI=1S/C22H24N4O3S/c27-18(12-26-19(28)22(25-21(26)29)9-2-1-3-10-22)24-20-23-17(13-30-20)16-8-7-14-5-4-6-15(14)11-16/h7-8,11,13H,1-6,9-10,12H2,(H,25,29)(H,23,24,27). The van der Waals surface area contributed by atoms with Crippen molar-refractivity contribution in [1.29, 1.82) is 0 Å². The van der Waals surface area contributed by atoms with Crippen LogP contribution in [0, 0.1) is 0 Å². The molecule has 8 heteroatoms. The first-order valence-corrected chi connectivity index (χ1v) is 11.4. The maximum absolute atomic E-state index is 12.8. The van der Waals surface area contributed by atoms with Crippen molar-refractivity contribution in [3.05, 3.63) is 34.7 Å². The van der Waals surface area contributed by atoms with Gasteiger partial charge < -0.3 is 10.6 Å². The van der Waals surface area contributed by atoms with Gasteiger partial charge in [0, 0.05) is 10.9 Å². The molecule has 1 aliphatic heterocycles. The molecule has 1 aromatic heterocycles. The maximum Gasteiger partial charge on any atom is 0.325 e. The second-order valence-corrected chi connectivity index (χ2v) is 9.25. The third kappa shape index (κ3) is 3.39. The van der Waals surface area contributed by atoms with Gasteiger partial charge in [-0.1, -0.05) is 31.4 Å². The van der Waals surface area contributed by atoms with Crippen molar-refractivity contribution >= 4 is 34.3 Å². The van der Waals surface area contributed by atoms with E-state index in [2.05, 4.69) is 33.8 Å². The number of hydrogen-bond donors (Lipinski definition) is 2. The third-order valence-corrected chi connectivity index (χ3v) is 7.16. The third-order valence-electron chi connectivity index (χ3n) is 6.40. The Balaban J connectivity index is 1.24. The minimum atomic E-state index is -0.808. The lowest BCUT2D eigenvalue weighted by atomic mass is 9.82. The summed E-state index contributed by atoms with van der Waals surface area (Å²) in [4.78, 5) is 43.2. The molecule has 30 heavy (non-hydrogen) atoms. The molecule has 1 saturated carbocycles. The molecule has 3 aliphatic rings. The van der Waals surface area contributed by atoms with E-state index in [9.17, 15) is 14.4 Å². The second kappa shape index (κ2) is 7.50. The number of anilines is 1. The van der Waals surface area contributed by atoms with Gasteiger partial charge in [-0.25, -0.2) is 9.78 Å². The fourth-order valence-corrected chi connectivity index (χ4v) is 5.55. The molecule has 5 rings (SSSR count). The van der Waals surface area contributed by atoms with Crippen LogP contribution in [-0.4, -0.2) is 39.8 Å². The Hall–Kier alpha value is -2.74. The van der Waals surface area contributed by atoms with Crippen LogP contribution in [0.15, 0.2) is 23.6 Å². The van der Waals surface area contributed by atoms with Crippen LogP contribution in [0.25, 0.3) is 11.3 Å². The van der Waals surface area contributed by atoms with Crippen LogP contribution in [0.1, 0.15) is 49.7 Å². The molecule has 0 atom stereocenters. The number of nitrogens with zero attached hydrogens (tertiary/aromatic N) is 2. The van der Waals surface area contributed by atoms with Crippen LogP contribution in [-0.2, 0) is 22.4 Å². The lowest BCUT2D eigenvalue weighted by Gasteiger charge is -2.30. The SMILES string of the molecule is O=C(CN1C(=O)NC2(CCCCC2)C1=O)Nc1nc(-c2ccc3c(c2)CCC3)cs1. The first kappa shape index (κ1) is 19.2. The van der Waals surface area contributed by atoms with Crippen LogP contribution in [0.4, 0.5) is 9.93 Å². The smallest absolute Gasteiger partial charge is 0.323 e. The van der Waals surface area contributed by atoms with Crippen molar-refractivity contribution in [2.24, 2.45) is 0 Å². The number of carbonyl (C=O) groups is 3. The van der Waals surface area contributed by atoms with Crippen molar-refractivity contribution in [2.45, 2.75) is 56.9 Å².